The Labute approximate surface area is 133 Å². The second-order valence-corrected chi connectivity index (χ2v) is 4.79. The Morgan fingerprint density at radius 1 is 1.22 bits per heavy atom. The molecule has 0 spiro atoms. The number of benzene rings is 2. The van der Waals surface area contributed by atoms with E-state index in [4.69, 9.17) is 4.74 Å². The fourth-order valence-electron chi connectivity index (χ4n) is 1.96. The van der Waals surface area contributed by atoms with Crippen LogP contribution in [-0.4, -0.2) is 24.5 Å². The first-order valence-corrected chi connectivity index (χ1v) is 6.96. The van der Waals surface area contributed by atoms with Crippen LogP contribution in [0.4, 0.5) is 11.4 Å². The number of non-ortho nitro benzene ring substituents is 1. The summed E-state index contributed by atoms with van der Waals surface area (Å²) in [5, 5.41) is 16.3. The molecule has 0 heterocycles. The number of nitrogens with one attached hydrogen (secondary N) is 2. The van der Waals surface area contributed by atoms with Gasteiger partial charge in [-0.15, -0.1) is 0 Å². The van der Waals surface area contributed by atoms with Gasteiger partial charge in [0.15, 0.2) is 0 Å². The van der Waals surface area contributed by atoms with Crippen molar-refractivity contribution in [2.24, 2.45) is 0 Å². The summed E-state index contributed by atoms with van der Waals surface area (Å²) in [6, 6.07) is 13.4. The van der Waals surface area contributed by atoms with Crippen LogP contribution in [-0.2, 0) is 11.3 Å². The van der Waals surface area contributed by atoms with Gasteiger partial charge in [-0.3, -0.25) is 14.9 Å². The second-order valence-electron chi connectivity index (χ2n) is 4.79. The Balaban J connectivity index is 1.83. The van der Waals surface area contributed by atoms with E-state index in [0.29, 0.717) is 12.2 Å². The highest BCUT2D eigenvalue weighted by atomic mass is 16.6. The van der Waals surface area contributed by atoms with Crippen LogP contribution in [0, 0.1) is 10.1 Å². The summed E-state index contributed by atoms with van der Waals surface area (Å²) in [5.41, 5.74) is 1.43. The highest BCUT2D eigenvalue weighted by Gasteiger charge is 2.07. The molecular formula is C16H17N3O4. The first-order chi connectivity index (χ1) is 11.1. The molecule has 0 atom stereocenters. The number of carbonyl (C=O) groups is 1. The van der Waals surface area contributed by atoms with Gasteiger partial charge in [0.2, 0.25) is 5.91 Å². The van der Waals surface area contributed by atoms with Gasteiger partial charge < -0.3 is 15.4 Å². The molecule has 120 valence electrons. The van der Waals surface area contributed by atoms with Crippen molar-refractivity contribution in [1.29, 1.82) is 0 Å². The van der Waals surface area contributed by atoms with Gasteiger partial charge in [0.25, 0.3) is 5.69 Å². The Kier molecular flexibility index (Phi) is 5.51. The number of amides is 1. The maximum Gasteiger partial charge on any atom is 0.271 e. The molecule has 0 aliphatic heterocycles. The van der Waals surface area contributed by atoms with E-state index in [1.165, 1.54) is 12.1 Å². The summed E-state index contributed by atoms with van der Waals surface area (Å²) >= 11 is 0. The molecule has 0 saturated carbocycles. The highest BCUT2D eigenvalue weighted by molar-refractivity contribution is 5.80. The smallest absolute Gasteiger partial charge is 0.271 e. The molecule has 7 nitrogen and oxygen atoms in total. The van der Waals surface area contributed by atoms with Gasteiger partial charge in [0.1, 0.15) is 5.75 Å². The first kappa shape index (κ1) is 16.3. The van der Waals surface area contributed by atoms with Gasteiger partial charge >= 0.3 is 0 Å². The molecular weight excluding hydrogens is 298 g/mol. The molecule has 0 aromatic heterocycles. The number of hydrogen-bond donors (Lipinski definition) is 2. The van der Waals surface area contributed by atoms with Crippen LogP contribution in [0.25, 0.3) is 0 Å². The van der Waals surface area contributed by atoms with Crippen LogP contribution in [0.3, 0.4) is 0 Å². The van der Waals surface area contributed by atoms with Gasteiger partial charge in [-0.25, -0.2) is 0 Å². The van der Waals surface area contributed by atoms with Crippen LogP contribution < -0.4 is 15.4 Å². The van der Waals surface area contributed by atoms with E-state index in [0.717, 1.165) is 11.3 Å². The Bertz CT molecular complexity index is 703. The van der Waals surface area contributed by atoms with E-state index in [9.17, 15) is 14.9 Å². The van der Waals surface area contributed by atoms with Crippen LogP contribution in [0.2, 0.25) is 0 Å². The number of hydrogen-bond acceptors (Lipinski definition) is 5. The molecule has 0 saturated heterocycles. The summed E-state index contributed by atoms with van der Waals surface area (Å²) in [4.78, 5) is 22.0. The normalized spacial score (nSPS) is 9.96. The molecule has 1 amide bonds. The molecule has 0 aliphatic carbocycles. The van der Waals surface area contributed by atoms with E-state index >= 15 is 0 Å². The van der Waals surface area contributed by atoms with E-state index in [2.05, 4.69) is 10.6 Å². The van der Waals surface area contributed by atoms with Crippen molar-refractivity contribution in [3.05, 3.63) is 64.2 Å². The van der Waals surface area contributed by atoms with Crippen molar-refractivity contribution >= 4 is 17.3 Å². The van der Waals surface area contributed by atoms with Crippen molar-refractivity contribution in [2.45, 2.75) is 6.54 Å². The number of ether oxygens (including phenoxy) is 1. The average molecular weight is 315 g/mol. The molecule has 7 heteroatoms. The molecule has 0 radical (unpaired) electrons. The summed E-state index contributed by atoms with van der Waals surface area (Å²) in [5.74, 6) is 0.519. The van der Waals surface area contributed by atoms with Gasteiger partial charge in [-0.05, 0) is 23.8 Å². The maximum absolute atomic E-state index is 11.8. The van der Waals surface area contributed by atoms with Crippen LogP contribution >= 0.6 is 0 Å². The fourth-order valence-corrected chi connectivity index (χ4v) is 1.96. The van der Waals surface area contributed by atoms with Gasteiger partial charge in [-0.2, -0.15) is 0 Å². The SMILES string of the molecule is COc1cccc(CNC(=O)CNc2cccc([N+](=O)[O-])c2)c1. The first-order valence-electron chi connectivity index (χ1n) is 6.96. The molecule has 2 rings (SSSR count). The molecule has 0 fully saturated rings. The summed E-state index contributed by atoms with van der Waals surface area (Å²) in [7, 11) is 1.58. The predicted molar refractivity (Wildman–Crippen MR) is 86.4 cm³/mol. The largest absolute Gasteiger partial charge is 0.497 e. The van der Waals surface area contributed by atoms with E-state index in [1.54, 1.807) is 19.2 Å². The fraction of sp³-hybridized carbons (Fsp3) is 0.188. The lowest BCUT2D eigenvalue weighted by Gasteiger charge is -2.08. The Morgan fingerprint density at radius 3 is 2.74 bits per heavy atom. The van der Waals surface area contributed by atoms with E-state index in [-0.39, 0.29) is 18.1 Å². The van der Waals surface area contributed by atoms with Crippen molar-refractivity contribution in [1.82, 2.24) is 5.32 Å². The second kappa shape index (κ2) is 7.79. The quantitative estimate of drug-likeness (QED) is 0.604. The van der Waals surface area contributed by atoms with Crippen LogP contribution in [0.15, 0.2) is 48.5 Å². The number of nitro groups is 1. The van der Waals surface area contributed by atoms with Gasteiger partial charge in [-0.1, -0.05) is 18.2 Å². The summed E-state index contributed by atoms with van der Waals surface area (Å²) < 4.78 is 5.12. The zero-order chi connectivity index (χ0) is 16.7. The standard InChI is InChI=1S/C16H17N3O4/c1-23-15-7-2-4-12(8-15)10-18-16(20)11-17-13-5-3-6-14(9-13)19(21)22/h2-9,17H,10-11H2,1H3,(H,18,20). The summed E-state index contributed by atoms with van der Waals surface area (Å²) in [6.07, 6.45) is 0. The van der Waals surface area contributed by atoms with Crippen molar-refractivity contribution in [3.63, 3.8) is 0 Å². The highest BCUT2D eigenvalue weighted by Crippen LogP contribution is 2.16. The maximum atomic E-state index is 11.8. The molecule has 23 heavy (non-hydrogen) atoms. The molecule has 0 aliphatic rings. The average Bonchev–Trinajstić information content (AvgIpc) is 2.58. The number of methoxy groups -OCH3 is 1. The third-order valence-electron chi connectivity index (χ3n) is 3.13. The molecule has 2 aromatic carbocycles. The number of nitro benzene ring substituents is 1. The topological polar surface area (TPSA) is 93.5 Å². The predicted octanol–water partition coefficient (Wildman–Crippen LogP) is 2.33. The number of carbonyl (C=O) groups excluding carboxylic acids is 1. The summed E-state index contributed by atoms with van der Waals surface area (Å²) in [6.45, 7) is 0.414. The van der Waals surface area contributed by atoms with Crippen LogP contribution in [0.5, 0.6) is 5.75 Å². The van der Waals surface area contributed by atoms with E-state index in [1.807, 2.05) is 24.3 Å². The van der Waals surface area contributed by atoms with Gasteiger partial charge in [0, 0.05) is 24.4 Å². The minimum atomic E-state index is -0.478. The van der Waals surface area contributed by atoms with Gasteiger partial charge in [0.05, 0.1) is 18.6 Å². The zero-order valence-corrected chi connectivity index (χ0v) is 12.6. The number of rotatable bonds is 7. The minimum Gasteiger partial charge on any atom is -0.497 e. The minimum absolute atomic E-state index is 0.0215. The third kappa shape index (κ3) is 4.99. The van der Waals surface area contributed by atoms with Crippen molar-refractivity contribution in [3.8, 4) is 5.75 Å². The van der Waals surface area contributed by atoms with Crippen molar-refractivity contribution in [2.75, 3.05) is 19.0 Å². The van der Waals surface area contributed by atoms with Crippen LogP contribution in [0.1, 0.15) is 5.56 Å². The lowest BCUT2D eigenvalue weighted by molar-refractivity contribution is -0.384. The molecule has 2 N–H and O–H groups in total. The Hall–Kier alpha value is -3.09. The lowest BCUT2D eigenvalue weighted by Crippen LogP contribution is -2.29. The third-order valence-corrected chi connectivity index (χ3v) is 3.13. The molecule has 2 aromatic rings. The molecule has 0 unspecified atom stereocenters. The van der Waals surface area contributed by atoms with Crippen molar-refractivity contribution < 1.29 is 14.5 Å². The molecule has 0 bridgehead atoms. The lowest BCUT2D eigenvalue weighted by atomic mass is 10.2. The van der Waals surface area contributed by atoms with E-state index < -0.39 is 4.92 Å². The number of anilines is 1. The Morgan fingerprint density at radius 2 is 2.00 bits per heavy atom. The monoisotopic (exact) mass is 315 g/mol. The number of nitrogens with zero attached hydrogens (tertiary/aromatic N) is 1. The zero-order valence-electron chi connectivity index (χ0n) is 12.6.